The summed E-state index contributed by atoms with van der Waals surface area (Å²) in [4.78, 5) is 16.8. The molecule has 2 aromatic carbocycles. The summed E-state index contributed by atoms with van der Waals surface area (Å²) in [5, 5.41) is 9.87. The molecule has 0 amide bonds. The van der Waals surface area contributed by atoms with Crippen LogP contribution in [0.3, 0.4) is 0 Å². The van der Waals surface area contributed by atoms with E-state index in [9.17, 15) is 9.90 Å². The number of carboxylic acid groups (broad SMARTS) is 1. The lowest BCUT2D eigenvalue weighted by atomic mass is 9.89. The van der Waals surface area contributed by atoms with E-state index in [1.54, 1.807) is 32.2 Å². The predicted molar refractivity (Wildman–Crippen MR) is 136 cm³/mol. The fourth-order valence-electron chi connectivity index (χ4n) is 4.70. The Labute approximate surface area is 212 Å². The van der Waals surface area contributed by atoms with Crippen molar-refractivity contribution in [1.29, 1.82) is 0 Å². The van der Waals surface area contributed by atoms with Gasteiger partial charge in [-0.25, -0.2) is 9.78 Å². The summed E-state index contributed by atoms with van der Waals surface area (Å²) in [6.07, 6.45) is 6.88. The number of methoxy groups -OCH3 is 1. The summed E-state index contributed by atoms with van der Waals surface area (Å²) in [5.41, 5.74) is 0.265. The molecule has 4 rings (SSSR count). The van der Waals surface area contributed by atoms with Crippen molar-refractivity contribution in [3.63, 3.8) is 0 Å². The number of para-hydroxylation sites is 1. The minimum atomic E-state index is -1.44. The maximum Gasteiger partial charge on any atom is 0.348 e. The summed E-state index contributed by atoms with van der Waals surface area (Å²) in [7, 11) is 1.57. The van der Waals surface area contributed by atoms with Crippen LogP contribution in [0.25, 0.3) is 0 Å². The number of hydrogen-bond acceptors (Lipinski definition) is 6. The highest BCUT2D eigenvalue weighted by molar-refractivity contribution is 5.78. The van der Waals surface area contributed by atoms with Crippen LogP contribution in [0, 0.1) is 6.92 Å². The molecule has 1 aliphatic rings. The second kappa shape index (κ2) is 11.5. The molecule has 1 aliphatic carbocycles. The van der Waals surface area contributed by atoms with E-state index in [1.807, 2.05) is 37.3 Å². The molecule has 1 heterocycles. The molecule has 1 saturated carbocycles. The highest BCUT2D eigenvalue weighted by Crippen LogP contribution is 2.34. The molecule has 0 bridgehead atoms. The summed E-state index contributed by atoms with van der Waals surface area (Å²) >= 11 is 0. The number of aromatic nitrogens is 1. The van der Waals surface area contributed by atoms with E-state index >= 15 is 0 Å². The third-order valence-electron chi connectivity index (χ3n) is 6.77. The van der Waals surface area contributed by atoms with E-state index in [1.165, 1.54) is 19.3 Å². The predicted octanol–water partition coefficient (Wildman–Crippen LogP) is 6.13. The third-order valence-corrected chi connectivity index (χ3v) is 6.77. The molecule has 0 spiro atoms. The number of aliphatic carboxylic acids is 1. The van der Waals surface area contributed by atoms with Crippen LogP contribution in [0.2, 0.25) is 0 Å². The quantitative estimate of drug-likeness (QED) is 0.344. The Morgan fingerprint density at radius 1 is 1.11 bits per heavy atom. The maximum absolute atomic E-state index is 12.1. The highest BCUT2D eigenvalue weighted by atomic mass is 16.5. The van der Waals surface area contributed by atoms with Crippen molar-refractivity contribution in [3.05, 3.63) is 71.4 Å². The lowest BCUT2D eigenvalue weighted by Gasteiger charge is -2.27. The lowest BCUT2D eigenvalue weighted by molar-refractivity contribution is -0.153. The normalized spacial score (nSPS) is 15.8. The van der Waals surface area contributed by atoms with E-state index in [0.717, 1.165) is 35.7 Å². The zero-order chi connectivity index (χ0) is 25.5. The van der Waals surface area contributed by atoms with Gasteiger partial charge in [-0.1, -0.05) is 43.5 Å². The Bertz CT molecular complexity index is 1150. The molecule has 7 heteroatoms. The molecule has 1 N–H and O–H groups in total. The molecule has 1 unspecified atom stereocenters. The number of carbonyl (C=O) groups is 1. The molecule has 1 fully saturated rings. The molecular formula is C29H35NO6. The van der Waals surface area contributed by atoms with Gasteiger partial charge >= 0.3 is 5.97 Å². The number of oxazole rings is 1. The standard InChI is InChI=1S/C29H35NO6/c1-20-24(30-27(35-20)22-10-6-4-7-11-22)16-17-34-25-15-14-21(18-26(25)33-3)19-29(2,28(31)32)36-23-12-8-5-9-13-23/h5,8-9,12-15,18,22H,4,6-7,10-11,16-17,19H2,1-3H3,(H,31,32). The van der Waals surface area contributed by atoms with Gasteiger partial charge in [0, 0.05) is 18.8 Å². The molecule has 0 radical (unpaired) electrons. The molecule has 36 heavy (non-hydrogen) atoms. The van der Waals surface area contributed by atoms with Gasteiger partial charge in [0.2, 0.25) is 5.60 Å². The van der Waals surface area contributed by atoms with Gasteiger partial charge in [-0.3, -0.25) is 0 Å². The van der Waals surface area contributed by atoms with Crippen molar-refractivity contribution < 1.29 is 28.5 Å². The van der Waals surface area contributed by atoms with Crippen molar-refractivity contribution in [2.45, 2.75) is 70.3 Å². The SMILES string of the molecule is COc1cc(CC(C)(Oc2ccccc2)C(=O)O)ccc1OCCc1nc(C2CCCCC2)oc1C. The van der Waals surface area contributed by atoms with E-state index in [-0.39, 0.29) is 6.42 Å². The highest BCUT2D eigenvalue weighted by Gasteiger charge is 2.36. The average molecular weight is 494 g/mol. The first-order chi connectivity index (χ1) is 17.4. The van der Waals surface area contributed by atoms with Crippen molar-refractivity contribution in [3.8, 4) is 17.2 Å². The summed E-state index contributed by atoms with van der Waals surface area (Å²) in [6, 6.07) is 14.4. The van der Waals surface area contributed by atoms with Crippen molar-refractivity contribution in [1.82, 2.24) is 4.98 Å². The van der Waals surface area contributed by atoms with Crippen LogP contribution in [-0.2, 0) is 17.6 Å². The smallest absolute Gasteiger partial charge is 0.348 e. The number of hydrogen-bond donors (Lipinski definition) is 1. The molecule has 1 aromatic heterocycles. The summed E-state index contributed by atoms with van der Waals surface area (Å²) < 4.78 is 23.4. The number of benzene rings is 2. The van der Waals surface area contributed by atoms with Gasteiger partial charge in [0.05, 0.1) is 19.4 Å². The number of nitrogens with zero attached hydrogens (tertiary/aromatic N) is 1. The van der Waals surface area contributed by atoms with Crippen LogP contribution in [0.15, 0.2) is 52.9 Å². The fraction of sp³-hybridized carbons (Fsp3) is 0.448. The van der Waals surface area contributed by atoms with Crippen LogP contribution in [0.5, 0.6) is 17.2 Å². The minimum Gasteiger partial charge on any atom is -0.493 e. The lowest BCUT2D eigenvalue weighted by Crippen LogP contribution is -2.43. The Hall–Kier alpha value is -3.48. The summed E-state index contributed by atoms with van der Waals surface area (Å²) in [5.74, 6) is 2.75. The maximum atomic E-state index is 12.1. The molecule has 1 atom stereocenters. The Balaban J connectivity index is 1.39. The fourth-order valence-corrected chi connectivity index (χ4v) is 4.70. The monoisotopic (exact) mass is 493 g/mol. The van der Waals surface area contributed by atoms with Gasteiger partial charge in [-0.05, 0) is 56.5 Å². The van der Waals surface area contributed by atoms with Crippen LogP contribution in [0.1, 0.15) is 67.9 Å². The zero-order valence-corrected chi connectivity index (χ0v) is 21.3. The van der Waals surface area contributed by atoms with Gasteiger partial charge in [0.15, 0.2) is 17.4 Å². The molecule has 7 nitrogen and oxygen atoms in total. The van der Waals surface area contributed by atoms with Gasteiger partial charge in [-0.2, -0.15) is 0 Å². The molecule has 192 valence electrons. The van der Waals surface area contributed by atoms with E-state index in [4.69, 9.17) is 23.6 Å². The van der Waals surface area contributed by atoms with E-state index in [0.29, 0.717) is 36.2 Å². The molecular weight excluding hydrogens is 458 g/mol. The first-order valence-electron chi connectivity index (χ1n) is 12.6. The number of aryl methyl sites for hydroxylation is 1. The largest absolute Gasteiger partial charge is 0.493 e. The number of rotatable bonds is 11. The van der Waals surface area contributed by atoms with E-state index < -0.39 is 11.6 Å². The van der Waals surface area contributed by atoms with E-state index in [2.05, 4.69) is 0 Å². The minimum absolute atomic E-state index is 0.163. The van der Waals surface area contributed by atoms with Crippen LogP contribution >= 0.6 is 0 Å². The first kappa shape index (κ1) is 25.6. The second-order valence-electron chi connectivity index (χ2n) is 9.60. The van der Waals surface area contributed by atoms with Gasteiger partial charge in [0.25, 0.3) is 0 Å². The van der Waals surface area contributed by atoms with Crippen LogP contribution in [-0.4, -0.2) is 35.4 Å². The van der Waals surface area contributed by atoms with Crippen molar-refractivity contribution >= 4 is 5.97 Å². The van der Waals surface area contributed by atoms with Gasteiger partial charge < -0.3 is 23.7 Å². The zero-order valence-electron chi connectivity index (χ0n) is 21.3. The van der Waals surface area contributed by atoms with Gasteiger partial charge in [0.1, 0.15) is 11.5 Å². The first-order valence-corrected chi connectivity index (χ1v) is 12.6. The topological polar surface area (TPSA) is 91.0 Å². The Morgan fingerprint density at radius 3 is 2.56 bits per heavy atom. The molecule has 0 aliphatic heterocycles. The van der Waals surface area contributed by atoms with Crippen LogP contribution in [0.4, 0.5) is 0 Å². The molecule has 0 saturated heterocycles. The van der Waals surface area contributed by atoms with Crippen molar-refractivity contribution in [2.24, 2.45) is 0 Å². The summed E-state index contributed by atoms with van der Waals surface area (Å²) in [6.45, 7) is 3.96. The average Bonchev–Trinajstić information content (AvgIpc) is 3.26. The Kier molecular flexibility index (Phi) is 8.18. The van der Waals surface area contributed by atoms with Crippen molar-refractivity contribution in [2.75, 3.05) is 13.7 Å². The van der Waals surface area contributed by atoms with Gasteiger partial charge in [-0.15, -0.1) is 0 Å². The third kappa shape index (κ3) is 6.20. The Morgan fingerprint density at radius 2 is 1.86 bits per heavy atom. The van der Waals surface area contributed by atoms with Crippen LogP contribution < -0.4 is 14.2 Å². The second-order valence-corrected chi connectivity index (χ2v) is 9.60. The number of carboxylic acids is 1. The number of ether oxygens (including phenoxy) is 3. The molecule has 3 aromatic rings.